The van der Waals surface area contributed by atoms with E-state index in [0.29, 0.717) is 5.56 Å². The molecule has 0 aliphatic rings. The summed E-state index contributed by atoms with van der Waals surface area (Å²) < 4.78 is 45.3. The molecule has 2 rings (SSSR count). The van der Waals surface area contributed by atoms with Gasteiger partial charge in [0.15, 0.2) is 17.4 Å². The lowest BCUT2D eigenvalue weighted by Gasteiger charge is -2.08. The third-order valence-electron chi connectivity index (χ3n) is 2.63. The van der Waals surface area contributed by atoms with Crippen LogP contribution >= 0.6 is 0 Å². The Morgan fingerprint density at radius 3 is 2.38 bits per heavy atom. The van der Waals surface area contributed by atoms with Gasteiger partial charge in [-0.2, -0.15) is 0 Å². The molecule has 0 heterocycles. The monoisotopic (exact) mass is 292 g/mol. The second-order valence-electron chi connectivity index (χ2n) is 4.11. The minimum absolute atomic E-state index is 0.0826. The molecule has 108 valence electrons. The number of halogens is 3. The highest BCUT2D eigenvalue weighted by molar-refractivity contribution is 5.38. The quantitative estimate of drug-likeness (QED) is 0.881. The molecule has 0 aliphatic carbocycles. The third-order valence-corrected chi connectivity index (χ3v) is 2.63. The van der Waals surface area contributed by atoms with Gasteiger partial charge in [0.25, 0.3) is 0 Å². The van der Waals surface area contributed by atoms with E-state index in [0.717, 1.165) is 12.1 Å². The predicted octanol–water partition coefficient (Wildman–Crippen LogP) is 3.03. The van der Waals surface area contributed by atoms with E-state index in [-0.39, 0.29) is 18.8 Å². The van der Waals surface area contributed by atoms with E-state index in [1.807, 2.05) is 0 Å². The Morgan fingerprint density at radius 2 is 1.71 bits per heavy atom. The van der Waals surface area contributed by atoms with E-state index < -0.39 is 23.2 Å². The fourth-order valence-electron chi connectivity index (χ4n) is 1.67. The number of ether oxygens (including phenoxy) is 1. The number of aliphatic hydroxyl groups excluding tert-OH is 1. The number of aliphatic hydroxyl groups is 1. The Hall–Kier alpha value is -2.45. The molecule has 0 unspecified atom stereocenters. The van der Waals surface area contributed by atoms with Gasteiger partial charge >= 0.3 is 0 Å². The summed E-state index contributed by atoms with van der Waals surface area (Å²) in [7, 11) is 0. The molecule has 2 nitrogen and oxygen atoms in total. The third kappa shape index (κ3) is 3.77. The highest BCUT2D eigenvalue weighted by atomic mass is 19.1. The smallest absolute Gasteiger partial charge is 0.191 e. The van der Waals surface area contributed by atoms with Crippen molar-refractivity contribution in [1.29, 1.82) is 0 Å². The SMILES string of the molecule is OCC#Cc1cc(COc2c(F)cccc2F)ccc1F. The van der Waals surface area contributed by atoms with Gasteiger partial charge in [0, 0.05) is 0 Å². The second-order valence-corrected chi connectivity index (χ2v) is 4.11. The summed E-state index contributed by atoms with van der Waals surface area (Å²) in [5.74, 6) is 2.13. The van der Waals surface area contributed by atoms with Gasteiger partial charge in [0.05, 0.1) is 5.56 Å². The molecule has 21 heavy (non-hydrogen) atoms. The van der Waals surface area contributed by atoms with Crippen LogP contribution < -0.4 is 4.74 Å². The van der Waals surface area contributed by atoms with Gasteiger partial charge in [0.2, 0.25) is 0 Å². The maximum Gasteiger partial charge on any atom is 0.191 e. The van der Waals surface area contributed by atoms with Crippen LogP contribution in [0.25, 0.3) is 0 Å². The van der Waals surface area contributed by atoms with Crippen LogP contribution in [0.2, 0.25) is 0 Å². The number of benzene rings is 2. The first-order valence-corrected chi connectivity index (χ1v) is 6.07. The van der Waals surface area contributed by atoms with E-state index in [4.69, 9.17) is 9.84 Å². The second kappa shape index (κ2) is 6.82. The van der Waals surface area contributed by atoms with Crippen LogP contribution in [0.5, 0.6) is 5.75 Å². The lowest BCUT2D eigenvalue weighted by molar-refractivity contribution is 0.274. The van der Waals surface area contributed by atoms with Crippen LogP contribution in [-0.2, 0) is 6.61 Å². The lowest BCUT2D eigenvalue weighted by Crippen LogP contribution is -2.00. The molecule has 1 N–H and O–H groups in total. The molecular formula is C16H11F3O2. The molecule has 0 aromatic heterocycles. The van der Waals surface area contributed by atoms with Crippen LogP contribution in [0.15, 0.2) is 36.4 Å². The van der Waals surface area contributed by atoms with E-state index in [2.05, 4.69) is 11.8 Å². The lowest BCUT2D eigenvalue weighted by atomic mass is 10.1. The fourth-order valence-corrected chi connectivity index (χ4v) is 1.67. The Labute approximate surface area is 119 Å². The average Bonchev–Trinajstić information content (AvgIpc) is 2.47. The molecule has 2 aromatic rings. The number of hydrogen-bond acceptors (Lipinski definition) is 2. The maximum atomic E-state index is 13.4. The largest absolute Gasteiger partial charge is 0.483 e. The topological polar surface area (TPSA) is 29.5 Å². The molecule has 2 aromatic carbocycles. The van der Waals surface area contributed by atoms with Crippen molar-refractivity contribution in [2.24, 2.45) is 0 Å². The van der Waals surface area contributed by atoms with Gasteiger partial charge in [-0.15, -0.1) is 0 Å². The summed E-state index contributed by atoms with van der Waals surface area (Å²) >= 11 is 0. The molecule has 0 atom stereocenters. The maximum absolute atomic E-state index is 13.4. The fraction of sp³-hybridized carbons (Fsp3) is 0.125. The molecule has 0 saturated heterocycles. The zero-order chi connectivity index (χ0) is 15.2. The molecule has 0 spiro atoms. The van der Waals surface area contributed by atoms with Crippen LogP contribution in [-0.4, -0.2) is 11.7 Å². The van der Waals surface area contributed by atoms with Crippen LogP contribution in [0.4, 0.5) is 13.2 Å². The van der Waals surface area contributed by atoms with Gasteiger partial charge in [-0.05, 0) is 29.8 Å². The summed E-state index contributed by atoms with van der Waals surface area (Å²) in [6.07, 6.45) is 0. The minimum atomic E-state index is -0.808. The Balaban J connectivity index is 2.17. The number of hydrogen-bond donors (Lipinski definition) is 1. The standard InChI is InChI=1S/C16H11F3O2/c17-13-7-6-11(9-12(13)3-2-8-20)10-21-16-14(18)4-1-5-15(16)19/h1,4-7,9,20H,8,10H2. The van der Waals surface area contributed by atoms with Crippen LogP contribution in [0, 0.1) is 29.3 Å². The van der Waals surface area contributed by atoms with Gasteiger partial charge in [-0.1, -0.05) is 24.0 Å². The Morgan fingerprint density at radius 1 is 1.00 bits per heavy atom. The zero-order valence-corrected chi connectivity index (χ0v) is 10.9. The van der Waals surface area contributed by atoms with Crippen molar-refractivity contribution in [1.82, 2.24) is 0 Å². The minimum Gasteiger partial charge on any atom is -0.483 e. The first-order valence-electron chi connectivity index (χ1n) is 6.07. The van der Waals surface area contributed by atoms with Gasteiger partial charge < -0.3 is 9.84 Å². The normalized spacial score (nSPS) is 9.90. The highest BCUT2D eigenvalue weighted by Gasteiger charge is 2.10. The molecule has 5 heteroatoms. The molecular weight excluding hydrogens is 281 g/mol. The zero-order valence-electron chi connectivity index (χ0n) is 10.9. The molecule has 0 aliphatic heterocycles. The molecule has 0 radical (unpaired) electrons. The molecule has 0 fully saturated rings. The van der Waals surface area contributed by atoms with E-state index in [1.54, 1.807) is 0 Å². The van der Waals surface area contributed by atoms with Crippen LogP contribution in [0.3, 0.4) is 0 Å². The van der Waals surface area contributed by atoms with E-state index >= 15 is 0 Å². The highest BCUT2D eigenvalue weighted by Crippen LogP contribution is 2.22. The summed E-state index contributed by atoms with van der Waals surface area (Å²) in [4.78, 5) is 0. The predicted molar refractivity (Wildman–Crippen MR) is 71.1 cm³/mol. The van der Waals surface area contributed by atoms with Crippen molar-refractivity contribution in [2.45, 2.75) is 6.61 Å². The molecule has 0 amide bonds. The van der Waals surface area contributed by atoms with E-state index in [9.17, 15) is 13.2 Å². The van der Waals surface area contributed by atoms with Gasteiger partial charge in [-0.3, -0.25) is 0 Å². The summed E-state index contributed by atoms with van der Waals surface area (Å²) in [6.45, 7) is -0.521. The van der Waals surface area contributed by atoms with Crippen molar-refractivity contribution in [3.8, 4) is 17.6 Å². The summed E-state index contributed by atoms with van der Waals surface area (Å²) in [5, 5.41) is 8.60. The Bertz CT molecular complexity index is 682. The van der Waals surface area contributed by atoms with Crippen molar-refractivity contribution in [3.63, 3.8) is 0 Å². The average molecular weight is 292 g/mol. The van der Waals surface area contributed by atoms with Crippen molar-refractivity contribution < 1.29 is 23.0 Å². The van der Waals surface area contributed by atoms with E-state index in [1.165, 1.54) is 24.3 Å². The van der Waals surface area contributed by atoms with Crippen molar-refractivity contribution in [3.05, 3.63) is 65.0 Å². The summed E-state index contributed by atoms with van der Waals surface area (Å²) in [5.41, 5.74) is 0.584. The van der Waals surface area contributed by atoms with Crippen molar-refractivity contribution in [2.75, 3.05) is 6.61 Å². The molecule has 0 saturated carbocycles. The number of rotatable bonds is 3. The first kappa shape index (κ1) is 14.9. The first-order chi connectivity index (χ1) is 10.1. The molecule has 0 bridgehead atoms. The van der Waals surface area contributed by atoms with Crippen molar-refractivity contribution >= 4 is 0 Å². The number of para-hydroxylation sites is 1. The summed E-state index contributed by atoms with van der Waals surface area (Å²) in [6, 6.07) is 7.41. The van der Waals surface area contributed by atoms with Gasteiger partial charge in [0.1, 0.15) is 19.0 Å². The van der Waals surface area contributed by atoms with Crippen LogP contribution in [0.1, 0.15) is 11.1 Å². The van der Waals surface area contributed by atoms with Gasteiger partial charge in [-0.25, -0.2) is 13.2 Å². The Kier molecular flexibility index (Phi) is 4.85.